The lowest BCUT2D eigenvalue weighted by molar-refractivity contribution is -0.384. The largest absolute Gasteiger partial charge is 0.496 e. The Morgan fingerprint density at radius 1 is 1.32 bits per heavy atom. The fraction of sp³-hybridized carbons (Fsp3) is 0.467. The quantitative estimate of drug-likeness (QED) is 0.330. The van der Waals surface area contributed by atoms with Gasteiger partial charge in [-0.15, -0.1) is 0 Å². The third-order valence-corrected chi connectivity index (χ3v) is 3.20. The Labute approximate surface area is 143 Å². The molecule has 0 fully saturated rings. The molecule has 0 spiro atoms. The molecule has 138 valence electrons. The number of carboxylic acids is 1. The van der Waals surface area contributed by atoms with Crippen molar-refractivity contribution in [1.29, 1.82) is 0 Å². The predicted molar refractivity (Wildman–Crippen MR) is 85.6 cm³/mol. The molecule has 0 saturated carbocycles. The number of aliphatic carboxylic acids is 1. The number of carbonyl (C=O) groups excluding carboxylic acids is 1. The maximum atomic E-state index is 11.8. The molecule has 0 aliphatic carbocycles. The van der Waals surface area contributed by atoms with Crippen LogP contribution in [0.1, 0.15) is 5.56 Å². The van der Waals surface area contributed by atoms with Crippen LogP contribution in [0.4, 0.5) is 5.69 Å². The number of ether oxygens (including phenoxy) is 3. The number of hydrogen-bond donors (Lipinski definition) is 2. The van der Waals surface area contributed by atoms with E-state index in [9.17, 15) is 24.8 Å². The van der Waals surface area contributed by atoms with Crippen LogP contribution in [0.5, 0.6) is 5.75 Å². The average molecular weight is 356 g/mol. The van der Waals surface area contributed by atoms with E-state index in [1.807, 2.05) is 0 Å². The van der Waals surface area contributed by atoms with Crippen LogP contribution in [0.3, 0.4) is 0 Å². The summed E-state index contributed by atoms with van der Waals surface area (Å²) in [5, 5.41) is 22.5. The molecule has 0 bridgehead atoms. The summed E-state index contributed by atoms with van der Waals surface area (Å²) >= 11 is 0. The molecule has 0 aromatic heterocycles. The van der Waals surface area contributed by atoms with Crippen molar-refractivity contribution in [2.24, 2.45) is 0 Å². The second-order valence-corrected chi connectivity index (χ2v) is 4.96. The van der Waals surface area contributed by atoms with Gasteiger partial charge in [0.2, 0.25) is 5.91 Å². The highest BCUT2D eigenvalue weighted by atomic mass is 16.6. The zero-order chi connectivity index (χ0) is 18.8. The van der Waals surface area contributed by atoms with Crippen LogP contribution in [0, 0.1) is 10.1 Å². The third-order valence-electron chi connectivity index (χ3n) is 3.20. The monoisotopic (exact) mass is 356 g/mol. The number of nitrogens with one attached hydrogen (secondary N) is 1. The van der Waals surface area contributed by atoms with Gasteiger partial charge in [-0.05, 0) is 6.07 Å². The molecule has 1 rings (SSSR count). The lowest BCUT2D eigenvalue weighted by Gasteiger charge is -2.16. The molecule has 0 saturated heterocycles. The number of carboxylic acid groups (broad SMARTS) is 1. The van der Waals surface area contributed by atoms with Crippen molar-refractivity contribution in [3.8, 4) is 5.75 Å². The van der Waals surface area contributed by atoms with Gasteiger partial charge in [-0.2, -0.15) is 0 Å². The van der Waals surface area contributed by atoms with Crippen LogP contribution < -0.4 is 10.1 Å². The number of nitro groups is 1. The Morgan fingerprint density at radius 3 is 2.60 bits per heavy atom. The molecule has 0 aliphatic heterocycles. The van der Waals surface area contributed by atoms with Gasteiger partial charge in [0, 0.05) is 31.2 Å². The van der Waals surface area contributed by atoms with Crippen molar-refractivity contribution < 1.29 is 33.8 Å². The molecule has 1 aromatic carbocycles. The van der Waals surface area contributed by atoms with Crippen molar-refractivity contribution >= 4 is 17.6 Å². The first-order valence-electron chi connectivity index (χ1n) is 7.29. The Bertz CT molecular complexity index is 620. The van der Waals surface area contributed by atoms with Crippen molar-refractivity contribution in [3.63, 3.8) is 0 Å². The Hall–Kier alpha value is -2.72. The van der Waals surface area contributed by atoms with E-state index in [1.165, 1.54) is 32.4 Å². The van der Waals surface area contributed by atoms with Crippen molar-refractivity contribution in [2.45, 2.75) is 12.5 Å². The van der Waals surface area contributed by atoms with E-state index in [1.54, 1.807) is 0 Å². The lowest BCUT2D eigenvalue weighted by Crippen LogP contribution is -2.44. The highest BCUT2D eigenvalue weighted by molar-refractivity contribution is 5.84. The number of hydrogen-bond acceptors (Lipinski definition) is 7. The first-order chi connectivity index (χ1) is 11.9. The molecule has 1 amide bonds. The van der Waals surface area contributed by atoms with E-state index in [-0.39, 0.29) is 25.3 Å². The minimum absolute atomic E-state index is 0.177. The fourth-order valence-corrected chi connectivity index (χ4v) is 2.00. The zero-order valence-corrected chi connectivity index (χ0v) is 13.9. The number of benzene rings is 1. The molecule has 10 nitrogen and oxygen atoms in total. The Morgan fingerprint density at radius 2 is 2.04 bits per heavy atom. The average Bonchev–Trinajstić information content (AvgIpc) is 2.57. The summed E-state index contributed by atoms with van der Waals surface area (Å²) in [5.74, 6) is -1.60. The molecule has 10 heteroatoms. The van der Waals surface area contributed by atoms with Gasteiger partial charge in [0.1, 0.15) is 18.4 Å². The summed E-state index contributed by atoms with van der Waals surface area (Å²) in [7, 11) is 2.85. The van der Waals surface area contributed by atoms with Crippen molar-refractivity contribution in [3.05, 3.63) is 33.9 Å². The van der Waals surface area contributed by atoms with Gasteiger partial charge in [-0.3, -0.25) is 14.9 Å². The SMILES string of the molecule is COCCOCC(=O)N[C@@H](Cc1cc([N+](=O)[O-])ccc1OC)C(=O)O. The van der Waals surface area contributed by atoms with E-state index >= 15 is 0 Å². The van der Waals surface area contributed by atoms with Gasteiger partial charge < -0.3 is 24.6 Å². The van der Waals surface area contributed by atoms with Crippen molar-refractivity contribution in [1.82, 2.24) is 5.32 Å². The van der Waals surface area contributed by atoms with Crippen LogP contribution in [0.15, 0.2) is 18.2 Å². The first kappa shape index (κ1) is 20.3. The minimum atomic E-state index is -1.28. The summed E-state index contributed by atoms with van der Waals surface area (Å²) in [6.45, 7) is 0.181. The Kier molecular flexibility index (Phi) is 8.30. The van der Waals surface area contributed by atoms with Crippen LogP contribution in [0.2, 0.25) is 0 Å². The number of amides is 1. The minimum Gasteiger partial charge on any atom is -0.496 e. The van der Waals surface area contributed by atoms with Crippen LogP contribution in [-0.4, -0.2) is 62.0 Å². The van der Waals surface area contributed by atoms with Gasteiger partial charge in [0.25, 0.3) is 5.69 Å². The maximum absolute atomic E-state index is 11.8. The first-order valence-corrected chi connectivity index (χ1v) is 7.29. The highest BCUT2D eigenvalue weighted by Gasteiger charge is 2.23. The number of nitro benzene ring substituents is 1. The maximum Gasteiger partial charge on any atom is 0.326 e. The van der Waals surface area contributed by atoms with Gasteiger partial charge in [-0.25, -0.2) is 4.79 Å². The predicted octanol–water partition coefficient (Wildman–Crippen LogP) is 0.378. The van der Waals surface area contributed by atoms with E-state index in [0.717, 1.165) is 0 Å². The number of methoxy groups -OCH3 is 2. The molecular weight excluding hydrogens is 336 g/mol. The fourth-order valence-electron chi connectivity index (χ4n) is 2.00. The second kappa shape index (κ2) is 10.2. The molecule has 1 atom stereocenters. The van der Waals surface area contributed by atoms with E-state index in [2.05, 4.69) is 5.32 Å². The number of carbonyl (C=O) groups is 2. The highest BCUT2D eigenvalue weighted by Crippen LogP contribution is 2.25. The van der Waals surface area contributed by atoms with Gasteiger partial charge in [0.05, 0.1) is 25.2 Å². The number of nitrogens with zero attached hydrogens (tertiary/aromatic N) is 1. The number of non-ortho nitro benzene ring substituents is 1. The molecular formula is C15H20N2O8. The van der Waals surface area contributed by atoms with Gasteiger partial charge >= 0.3 is 5.97 Å². The van der Waals surface area contributed by atoms with E-state index in [4.69, 9.17) is 14.2 Å². The molecule has 0 unspecified atom stereocenters. The summed E-state index contributed by atoms with van der Waals surface area (Å²) < 4.78 is 14.9. The van der Waals surface area contributed by atoms with Crippen molar-refractivity contribution in [2.75, 3.05) is 34.0 Å². The zero-order valence-electron chi connectivity index (χ0n) is 13.9. The molecule has 2 N–H and O–H groups in total. The lowest BCUT2D eigenvalue weighted by atomic mass is 10.0. The number of rotatable bonds is 11. The molecule has 0 aliphatic rings. The van der Waals surface area contributed by atoms with E-state index < -0.39 is 22.8 Å². The molecule has 25 heavy (non-hydrogen) atoms. The molecule has 0 radical (unpaired) electrons. The van der Waals surface area contributed by atoms with Gasteiger partial charge in [0.15, 0.2) is 0 Å². The van der Waals surface area contributed by atoms with Crippen LogP contribution in [0.25, 0.3) is 0 Å². The summed E-state index contributed by atoms with van der Waals surface area (Å²) in [6, 6.07) is 2.56. The topological polar surface area (TPSA) is 137 Å². The van der Waals surface area contributed by atoms with Crippen LogP contribution >= 0.6 is 0 Å². The summed E-state index contributed by atoms with van der Waals surface area (Å²) in [4.78, 5) is 33.4. The Balaban J connectivity index is 2.80. The summed E-state index contributed by atoms with van der Waals surface area (Å²) in [6.07, 6.45) is -0.177. The standard InChI is InChI=1S/C15H20N2O8/c1-23-5-6-25-9-14(18)16-12(15(19)20)8-10-7-11(17(21)22)3-4-13(10)24-2/h3-4,7,12H,5-6,8-9H2,1-2H3,(H,16,18)(H,19,20)/t12-/m0/s1. The van der Waals surface area contributed by atoms with E-state index in [0.29, 0.717) is 17.9 Å². The normalized spacial score (nSPS) is 11.6. The molecule has 0 heterocycles. The smallest absolute Gasteiger partial charge is 0.326 e. The second-order valence-electron chi connectivity index (χ2n) is 4.96. The summed E-state index contributed by atoms with van der Waals surface area (Å²) in [5.41, 5.74) is 0.0962. The van der Waals surface area contributed by atoms with Gasteiger partial charge in [-0.1, -0.05) is 0 Å². The third kappa shape index (κ3) is 6.73. The molecule has 1 aromatic rings. The van der Waals surface area contributed by atoms with Crippen LogP contribution in [-0.2, 0) is 25.5 Å².